The van der Waals surface area contributed by atoms with Crippen LogP contribution in [0.1, 0.15) is 10.4 Å². The molecule has 1 aromatic carbocycles. The highest BCUT2D eigenvalue weighted by Crippen LogP contribution is 2.22. The number of nitrogens with zero attached hydrogens (tertiary/aromatic N) is 1. The summed E-state index contributed by atoms with van der Waals surface area (Å²) in [5.74, 6) is -0.357. The van der Waals surface area contributed by atoms with E-state index in [-0.39, 0.29) is 10.9 Å². The number of anilines is 1. The van der Waals surface area contributed by atoms with Crippen molar-refractivity contribution in [2.24, 2.45) is 0 Å². The van der Waals surface area contributed by atoms with Crippen molar-refractivity contribution in [3.8, 4) is 0 Å². The molecule has 2 heterocycles. The minimum Gasteiger partial charge on any atom is -0.360 e. The first-order valence-corrected chi connectivity index (χ1v) is 5.32. The number of hydrogen-bond acceptors (Lipinski definition) is 2. The van der Waals surface area contributed by atoms with Crippen LogP contribution in [0.4, 0.5) is 10.2 Å². The molecule has 0 spiro atoms. The molecule has 1 amide bonds. The number of carbonyl (C=O) groups excluding carboxylic acids is 1. The van der Waals surface area contributed by atoms with E-state index in [0.29, 0.717) is 11.3 Å². The van der Waals surface area contributed by atoms with E-state index in [9.17, 15) is 9.18 Å². The smallest absolute Gasteiger partial charge is 0.259 e. The highest BCUT2D eigenvalue weighted by atomic mass is 19.1. The maximum atomic E-state index is 13.7. The molecule has 0 fully saturated rings. The van der Waals surface area contributed by atoms with Gasteiger partial charge in [-0.3, -0.25) is 9.89 Å². The van der Waals surface area contributed by atoms with E-state index in [0.717, 1.165) is 0 Å². The van der Waals surface area contributed by atoms with E-state index in [1.807, 2.05) is 0 Å². The van der Waals surface area contributed by atoms with Crippen LogP contribution in [0.3, 0.4) is 0 Å². The lowest BCUT2D eigenvalue weighted by atomic mass is 10.1. The quantitative estimate of drug-likeness (QED) is 0.647. The average molecular weight is 244 g/mol. The van der Waals surface area contributed by atoms with E-state index in [2.05, 4.69) is 20.5 Å². The van der Waals surface area contributed by atoms with E-state index < -0.39 is 11.7 Å². The number of benzene rings is 1. The van der Waals surface area contributed by atoms with E-state index >= 15 is 0 Å². The molecule has 5 nitrogen and oxygen atoms in total. The molecule has 0 aliphatic rings. The summed E-state index contributed by atoms with van der Waals surface area (Å²) in [5, 5.41) is 9.21. The summed E-state index contributed by atoms with van der Waals surface area (Å²) in [6, 6.07) is 6.24. The van der Waals surface area contributed by atoms with Crippen LogP contribution in [-0.2, 0) is 0 Å². The topological polar surface area (TPSA) is 73.6 Å². The fourth-order valence-corrected chi connectivity index (χ4v) is 1.83. The van der Waals surface area contributed by atoms with Gasteiger partial charge < -0.3 is 10.3 Å². The van der Waals surface area contributed by atoms with Crippen molar-refractivity contribution in [3.63, 3.8) is 0 Å². The van der Waals surface area contributed by atoms with Gasteiger partial charge in [0.2, 0.25) is 0 Å². The number of aromatic nitrogens is 3. The monoisotopic (exact) mass is 244 g/mol. The van der Waals surface area contributed by atoms with Crippen molar-refractivity contribution in [1.82, 2.24) is 15.2 Å². The van der Waals surface area contributed by atoms with Crippen LogP contribution in [0.15, 0.2) is 36.7 Å². The number of aromatic amines is 2. The van der Waals surface area contributed by atoms with Crippen LogP contribution in [0.25, 0.3) is 10.9 Å². The molecule has 0 saturated heterocycles. The summed E-state index contributed by atoms with van der Waals surface area (Å²) < 4.78 is 13.7. The molecule has 0 atom stereocenters. The Kier molecular flexibility index (Phi) is 2.33. The number of nitrogens with one attached hydrogen (secondary N) is 3. The summed E-state index contributed by atoms with van der Waals surface area (Å²) in [6.45, 7) is 0. The molecule has 3 rings (SSSR count). The Morgan fingerprint density at radius 1 is 1.33 bits per heavy atom. The number of fused-ring (bicyclic) bond motifs is 1. The second-order valence-electron chi connectivity index (χ2n) is 3.79. The lowest BCUT2D eigenvalue weighted by Crippen LogP contribution is -2.11. The average Bonchev–Trinajstić information content (AvgIpc) is 2.97. The van der Waals surface area contributed by atoms with Crippen LogP contribution in [0, 0.1) is 5.82 Å². The molecule has 0 unspecified atom stereocenters. The highest BCUT2D eigenvalue weighted by Gasteiger charge is 2.15. The maximum Gasteiger partial charge on any atom is 0.259 e. The Bertz CT molecular complexity index is 702. The van der Waals surface area contributed by atoms with Crippen molar-refractivity contribution >= 4 is 22.6 Å². The number of amides is 1. The Morgan fingerprint density at radius 3 is 3.00 bits per heavy atom. The van der Waals surface area contributed by atoms with Gasteiger partial charge in [0.15, 0.2) is 0 Å². The summed E-state index contributed by atoms with van der Waals surface area (Å²) in [6.07, 6.45) is 3.00. The van der Waals surface area contributed by atoms with Crippen LogP contribution in [-0.4, -0.2) is 21.1 Å². The SMILES string of the molecule is O=C(Nc1ccn[nH]1)c1c[nH]c2cccc(F)c12. The third-order valence-electron chi connectivity index (χ3n) is 2.65. The molecule has 3 aromatic rings. The predicted molar refractivity (Wildman–Crippen MR) is 64.8 cm³/mol. The summed E-state index contributed by atoms with van der Waals surface area (Å²) in [4.78, 5) is 14.9. The predicted octanol–water partition coefficient (Wildman–Crippen LogP) is 2.28. The van der Waals surface area contributed by atoms with Crippen molar-refractivity contribution < 1.29 is 9.18 Å². The molecule has 3 N–H and O–H groups in total. The van der Waals surface area contributed by atoms with Gasteiger partial charge in [-0.05, 0) is 12.1 Å². The molecular weight excluding hydrogens is 235 g/mol. The molecule has 6 heteroatoms. The Balaban J connectivity index is 2.02. The third kappa shape index (κ3) is 1.64. The lowest BCUT2D eigenvalue weighted by molar-refractivity contribution is 0.102. The molecule has 0 aliphatic heterocycles. The van der Waals surface area contributed by atoms with Gasteiger partial charge in [-0.2, -0.15) is 5.10 Å². The number of H-pyrrole nitrogens is 2. The van der Waals surface area contributed by atoms with Crippen molar-refractivity contribution in [1.29, 1.82) is 0 Å². The maximum absolute atomic E-state index is 13.7. The van der Waals surface area contributed by atoms with Gasteiger partial charge in [-0.1, -0.05) is 6.07 Å². The number of hydrogen-bond donors (Lipinski definition) is 3. The van der Waals surface area contributed by atoms with Crippen LogP contribution in [0.2, 0.25) is 0 Å². The Labute approximate surface area is 101 Å². The molecule has 0 bridgehead atoms. The van der Waals surface area contributed by atoms with Gasteiger partial charge >= 0.3 is 0 Å². The normalized spacial score (nSPS) is 10.7. The molecule has 18 heavy (non-hydrogen) atoms. The van der Waals surface area contributed by atoms with Gasteiger partial charge in [0.05, 0.1) is 11.8 Å². The van der Waals surface area contributed by atoms with E-state index in [1.54, 1.807) is 18.2 Å². The largest absolute Gasteiger partial charge is 0.360 e. The second-order valence-corrected chi connectivity index (χ2v) is 3.79. The standard InChI is InChI=1S/C12H9FN4O/c13-8-2-1-3-9-11(8)7(6-14-9)12(18)16-10-4-5-15-17-10/h1-6,14H,(H2,15,16,17,18). The van der Waals surface area contributed by atoms with Crippen LogP contribution in [0.5, 0.6) is 0 Å². The highest BCUT2D eigenvalue weighted by molar-refractivity contribution is 6.12. The number of rotatable bonds is 2. The lowest BCUT2D eigenvalue weighted by Gasteiger charge is -2.01. The second kappa shape index (κ2) is 3.99. The molecule has 0 radical (unpaired) electrons. The fraction of sp³-hybridized carbons (Fsp3) is 0. The first kappa shape index (κ1) is 10.5. The Morgan fingerprint density at radius 2 is 2.22 bits per heavy atom. The fourth-order valence-electron chi connectivity index (χ4n) is 1.83. The Hall–Kier alpha value is -2.63. The van der Waals surface area contributed by atoms with Crippen molar-refractivity contribution in [3.05, 3.63) is 48.0 Å². The number of halogens is 1. The van der Waals surface area contributed by atoms with Gasteiger partial charge in [0.25, 0.3) is 5.91 Å². The summed E-state index contributed by atoms with van der Waals surface area (Å²) >= 11 is 0. The third-order valence-corrected chi connectivity index (χ3v) is 2.65. The minimum atomic E-state index is -0.427. The first-order chi connectivity index (χ1) is 8.75. The summed E-state index contributed by atoms with van der Waals surface area (Å²) in [7, 11) is 0. The van der Waals surface area contributed by atoms with Crippen molar-refractivity contribution in [2.75, 3.05) is 5.32 Å². The van der Waals surface area contributed by atoms with Gasteiger partial charge in [0.1, 0.15) is 11.6 Å². The van der Waals surface area contributed by atoms with E-state index in [1.165, 1.54) is 18.5 Å². The number of carbonyl (C=O) groups is 1. The van der Waals surface area contributed by atoms with Crippen LogP contribution < -0.4 is 5.32 Å². The molecule has 90 valence electrons. The zero-order valence-electron chi connectivity index (χ0n) is 9.20. The summed E-state index contributed by atoms with van der Waals surface area (Å²) in [5.41, 5.74) is 0.850. The van der Waals surface area contributed by atoms with Crippen molar-refractivity contribution in [2.45, 2.75) is 0 Å². The first-order valence-electron chi connectivity index (χ1n) is 5.32. The molecule has 0 saturated carbocycles. The molecule has 2 aromatic heterocycles. The molecular formula is C12H9FN4O. The van der Waals surface area contributed by atoms with Gasteiger partial charge in [-0.15, -0.1) is 0 Å². The van der Waals surface area contributed by atoms with Crippen LogP contribution >= 0.6 is 0 Å². The van der Waals surface area contributed by atoms with E-state index in [4.69, 9.17) is 0 Å². The zero-order chi connectivity index (χ0) is 12.5. The molecule has 0 aliphatic carbocycles. The van der Waals surface area contributed by atoms with Gasteiger partial charge in [0, 0.05) is 23.2 Å². The van der Waals surface area contributed by atoms with Gasteiger partial charge in [-0.25, -0.2) is 4.39 Å². The minimum absolute atomic E-state index is 0.262. The zero-order valence-corrected chi connectivity index (χ0v) is 9.20.